The van der Waals surface area contributed by atoms with E-state index in [1.807, 2.05) is 12.1 Å². The zero-order valence-electron chi connectivity index (χ0n) is 8.96. The summed E-state index contributed by atoms with van der Waals surface area (Å²) in [6.07, 6.45) is 3.48. The fraction of sp³-hybridized carbons (Fsp3) is 0.333. The van der Waals surface area contributed by atoms with Crippen molar-refractivity contribution >= 4 is 17.2 Å². The topological polar surface area (TPSA) is 39.1 Å². The van der Waals surface area contributed by atoms with Crippen molar-refractivity contribution in [3.05, 3.63) is 30.7 Å². The van der Waals surface area contributed by atoms with Gasteiger partial charge in [-0.1, -0.05) is 0 Å². The third kappa shape index (κ3) is 2.49. The first-order valence-corrected chi connectivity index (χ1v) is 5.24. The van der Waals surface area contributed by atoms with Gasteiger partial charge in [0, 0.05) is 24.5 Å². The number of rotatable bonds is 2. The molecule has 3 heteroatoms. The van der Waals surface area contributed by atoms with Crippen LogP contribution in [0.25, 0.3) is 0 Å². The van der Waals surface area contributed by atoms with Crippen LogP contribution in [0.5, 0.6) is 0 Å². The predicted molar refractivity (Wildman–Crippen MR) is 64.6 cm³/mol. The van der Waals surface area contributed by atoms with Crippen LogP contribution < -0.4 is 10.2 Å². The van der Waals surface area contributed by atoms with E-state index in [2.05, 4.69) is 28.8 Å². The summed E-state index contributed by atoms with van der Waals surface area (Å²) in [4.78, 5) is 2.35. The van der Waals surface area contributed by atoms with Gasteiger partial charge in [-0.2, -0.15) is 0 Å². The quantitative estimate of drug-likeness (QED) is 0.571. The number of hydrogen-bond acceptors (Lipinski definition) is 2. The average molecular weight is 202 g/mol. The lowest BCUT2D eigenvalue weighted by Crippen LogP contribution is -2.17. The van der Waals surface area contributed by atoms with Crippen molar-refractivity contribution in [1.29, 1.82) is 5.41 Å². The predicted octanol–water partition coefficient (Wildman–Crippen LogP) is 2.51. The summed E-state index contributed by atoms with van der Waals surface area (Å²) < 4.78 is 0. The minimum Gasteiger partial charge on any atom is -0.371 e. The summed E-state index contributed by atoms with van der Waals surface area (Å²) in [5, 5.41) is 10.3. The summed E-state index contributed by atoms with van der Waals surface area (Å²) in [6.45, 7) is 3.91. The molecule has 0 spiro atoms. The third-order valence-corrected chi connectivity index (χ3v) is 2.52. The molecule has 0 amide bonds. The Hall–Kier alpha value is -1.51. The maximum Gasteiger partial charge on any atom is 0.0944 e. The van der Waals surface area contributed by atoms with Gasteiger partial charge in [-0.15, -0.1) is 0 Å². The highest BCUT2D eigenvalue weighted by molar-refractivity contribution is 5.91. The van der Waals surface area contributed by atoms with E-state index >= 15 is 0 Å². The second-order valence-electron chi connectivity index (χ2n) is 3.82. The Labute approximate surface area is 90.6 Å². The largest absolute Gasteiger partial charge is 0.371 e. The van der Waals surface area contributed by atoms with E-state index in [4.69, 9.17) is 5.41 Å². The molecule has 0 saturated carbocycles. The van der Waals surface area contributed by atoms with Crippen molar-refractivity contribution in [2.45, 2.75) is 13.3 Å². The van der Waals surface area contributed by atoms with Crippen molar-refractivity contribution in [1.82, 2.24) is 0 Å². The fourth-order valence-corrected chi connectivity index (χ4v) is 1.79. The van der Waals surface area contributed by atoms with E-state index in [1.54, 1.807) is 6.92 Å². The molecule has 1 saturated heterocycles. The highest BCUT2D eigenvalue weighted by atomic mass is 15.1. The molecule has 3 nitrogen and oxygen atoms in total. The standard InChI is InChI=1S/C12H16N3/c1-10(13)14-11-4-6-12(7-5-11)15-8-2-3-9-15/h2,4-7H,3,8-9H2,1H3,(H2,13,14). The molecule has 2 N–H and O–H groups in total. The molecule has 1 aromatic carbocycles. The van der Waals surface area contributed by atoms with Crippen molar-refractivity contribution in [3.8, 4) is 0 Å². The van der Waals surface area contributed by atoms with Crippen LogP contribution in [0.15, 0.2) is 24.3 Å². The van der Waals surface area contributed by atoms with Crippen molar-refractivity contribution in [2.24, 2.45) is 0 Å². The molecule has 0 aromatic heterocycles. The summed E-state index contributed by atoms with van der Waals surface area (Å²) in [7, 11) is 0. The van der Waals surface area contributed by atoms with Gasteiger partial charge in [-0.05, 0) is 44.0 Å². The van der Waals surface area contributed by atoms with Gasteiger partial charge in [-0.25, -0.2) is 0 Å². The number of nitrogens with zero attached hydrogens (tertiary/aromatic N) is 1. The highest BCUT2D eigenvalue weighted by Gasteiger charge is 2.11. The van der Waals surface area contributed by atoms with Crippen molar-refractivity contribution in [2.75, 3.05) is 23.3 Å². The molecule has 0 atom stereocenters. The van der Waals surface area contributed by atoms with E-state index in [1.165, 1.54) is 12.1 Å². The Morgan fingerprint density at radius 1 is 1.33 bits per heavy atom. The van der Waals surface area contributed by atoms with Gasteiger partial charge in [0.15, 0.2) is 0 Å². The molecule has 1 radical (unpaired) electrons. The zero-order chi connectivity index (χ0) is 10.7. The summed E-state index contributed by atoms with van der Waals surface area (Å²) in [6, 6.07) is 8.24. The zero-order valence-corrected chi connectivity index (χ0v) is 8.96. The van der Waals surface area contributed by atoms with Gasteiger partial charge >= 0.3 is 0 Å². The van der Waals surface area contributed by atoms with Gasteiger partial charge < -0.3 is 10.2 Å². The maximum absolute atomic E-state index is 7.33. The molecule has 1 aliphatic heterocycles. The van der Waals surface area contributed by atoms with Crippen LogP contribution in [0.4, 0.5) is 11.4 Å². The van der Waals surface area contributed by atoms with Crippen molar-refractivity contribution in [3.63, 3.8) is 0 Å². The monoisotopic (exact) mass is 202 g/mol. The van der Waals surface area contributed by atoms with Crippen LogP contribution in [-0.4, -0.2) is 18.9 Å². The van der Waals surface area contributed by atoms with Gasteiger partial charge in [0.2, 0.25) is 0 Å². The van der Waals surface area contributed by atoms with Crippen LogP contribution >= 0.6 is 0 Å². The molecule has 1 aromatic rings. The minimum absolute atomic E-state index is 0.470. The van der Waals surface area contributed by atoms with Crippen LogP contribution in [0, 0.1) is 11.8 Å². The lowest BCUT2D eigenvalue weighted by Gasteiger charge is -2.17. The molecule has 0 aliphatic carbocycles. The summed E-state index contributed by atoms with van der Waals surface area (Å²) >= 11 is 0. The number of amidine groups is 1. The van der Waals surface area contributed by atoms with E-state index in [0.717, 1.165) is 18.8 Å². The summed E-state index contributed by atoms with van der Waals surface area (Å²) in [5.41, 5.74) is 2.24. The first-order valence-electron chi connectivity index (χ1n) is 5.24. The van der Waals surface area contributed by atoms with Crippen molar-refractivity contribution < 1.29 is 0 Å². The molecule has 79 valence electrons. The van der Waals surface area contributed by atoms with Crippen LogP contribution in [0.1, 0.15) is 13.3 Å². The molecule has 0 unspecified atom stereocenters. The molecule has 2 rings (SSSR count). The Morgan fingerprint density at radius 3 is 2.60 bits per heavy atom. The molecule has 1 heterocycles. The lowest BCUT2D eigenvalue weighted by molar-refractivity contribution is 0.968. The van der Waals surface area contributed by atoms with E-state index < -0.39 is 0 Å². The van der Waals surface area contributed by atoms with E-state index in [9.17, 15) is 0 Å². The number of anilines is 2. The fourth-order valence-electron chi connectivity index (χ4n) is 1.79. The average Bonchev–Trinajstić information content (AvgIpc) is 2.71. The highest BCUT2D eigenvalue weighted by Crippen LogP contribution is 2.21. The second-order valence-corrected chi connectivity index (χ2v) is 3.82. The Kier molecular flexibility index (Phi) is 2.90. The number of benzene rings is 1. The molecule has 0 bridgehead atoms. The summed E-state index contributed by atoms with van der Waals surface area (Å²) in [5.74, 6) is 0.470. The third-order valence-electron chi connectivity index (χ3n) is 2.52. The van der Waals surface area contributed by atoms with E-state index in [0.29, 0.717) is 5.84 Å². The van der Waals surface area contributed by atoms with Crippen LogP contribution in [0.3, 0.4) is 0 Å². The molecule has 1 aliphatic rings. The molecular formula is C12H16N3. The van der Waals surface area contributed by atoms with Crippen LogP contribution in [0.2, 0.25) is 0 Å². The van der Waals surface area contributed by atoms with Gasteiger partial charge in [0.25, 0.3) is 0 Å². The van der Waals surface area contributed by atoms with Crippen LogP contribution in [-0.2, 0) is 0 Å². The first kappa shape index (κ1) is 10.0. The number of hydrogen-bond donors (Lipinski definition) is 2. The molecule has 15 heavy (non-hydrogen) atoms. The normalized spacial score (nSPS) is 15.4. The molecule has 1 fully saturated rings. The van der Waals surface area contributed by atoms with Gasteiger partial charge in [0.1, 0.15) is 0 Å². The Balaban J connectivity index is 2.06. The SMILES string of the molecule is CC(=N)Nc1ccc(N2C[CH]CC2)cc1. The van der Waals surface area contributed by atoms with Gasteiger partial charge in [-0.3, -0.25) is 5.41 Å². The Bertz CT molecular complexity index is 336. The number of nitrogens with one attached hydrogen (secondary N) is 2. The van der Waals surface area contributed by atoms with Gasteiger partial charge in [0.05, 0.1) is 5.84 Å². The Morgan fingerprint density at radius 2 is 2.07 bits per heavy atom. The molecular weight excluding hydrogens is 186 g/mol. The maximum atomic E-state index is 7.33. The smallest absolute Gasteiger partial charge is 0.0944 e. The van der Waals surface area contributed by atoms with E-state index in [-0.39, 0.29) is 0 Å². The minimum atomic E-state index is 0.470. The lowest BCUT2D eigenvalue weighted by atomic mass is 10.2. The first-order chi connectivity index (χ1) is 7.25. The second kappa shape index (κ2) is 4.34.